The second kappa shape index (κ2) is 9.13. The second-order valence-electron chi connectivity index (χ2n) is 7.90. The van der Waals surface area contributed by atoms with Crippen molar-refractivity contribution < 1.29 is 14.0 Å². The van der Waals surface area contributed by atoms with Crippen LogP contribution in [0, 0.1) is 19.8 Å². The van der Waals surface area contributed by atoms with Crippen molar-refractivity contribution in [3.63, 3.8) is 0 Å². The lowest BCUT2D eigenvalue weighted by molar-refractivity contribution is -0.133. The number of carbonyl (C=O) groups excluding carboxylic acids is 2. The molecule has 1 aliphatic carbocycles. The maximum Gasteiger partial charge on any atom is 0.148 e. The third kappa shape index (κ3) is 4.43. The van der Waals surface area contributed by atoms with Crippen molar-refractivity contribution in [2.24, 2.45) is 5.92 Å². The summed E-state index contributed by atoms with van der Waals surface area (Å²) in [5.41, 5.74) is 5.67. The molecule has 3 nitrogen and oxygen atoms in total. The van der Waals surface area contributed by atoms with Crippen LogP contribution < -0.4 is 0 Å². The molecular weight excluding hydrogens is 368 g/mol. The van der Waals surface area contributed by atoms with Gasteiger partial charge in [0, 0.05) is 23.3 Å². The summed E-state index contributed by atoms with van der Waals surface area (Å²) in [6.07, 6.45) is 7.13. The lowest BCUT2D eigenvalue weighted by atomic mass is 9.73. The molecule has 1 aliphatic rings. The minimum atomic E-state index is -0.550. The Morgan fingerprint density at radius 2 is 1.61 bits per heavy atom. The molecule has 2 aromatic rings. The summed E-state index contributed by atoms with van der Waals surface area (Å²) >= 11 is 1.74. The Morgan fingerprint density at radius 1 is 1.00 bits per heavy atom. The van der Waals surface area contributed by atoms with Crippen LogP contribution in [0.15, 0.2) is 34.0 Å². The van der Waals surface area contributed by atoms with E-state index in [0.717, 1.165) is 52.2 Å². The molecule has 0 atom stereocenters. The molecule has 0 amide bonds. The van der Waals surface area contributed by atoms with Crippen molar-refractivity contribution in [3.05, 3.63) is 52.5 Å². The molecule has 1 saturated carbocycles. The summed E-state index contributed by atoms with van der Waals surface area (Å²) in [6, 6.07) is 4.29. The molecule has 28 heavy (non-hydrogen) atoms. The first-order valence-electron chi connectivity index (χ1n) is 10.3. The van der Waals surface area contributed by atoms with Gasteiger partial charge in [-0.25, -0.2) is 0 Å². The quantitative estimate of drug-likeness (QED) is 0.434. The van der Waals surface area contributed by atoms with Crippen molar-refractivity contribution in [3.8, 4) is 0 Å². The van der Waals surface area contributed by atoms with Crippen molar-refractivity contribution in [1.82, 2.24) is 0 Å². The normalized spacial score (nSPS) is 20.0. The summed E-state index contributed by atoms with van der Waals surface area (Å²) in [7, 11) is 0. The number of benzene rings is 1. The van der Waals surface area contributed by atoms with Gasteiger partial charge in [-0.2, -0.15) is 0 Å². The zero-order chi connectivity index (χ0) is 20.3. The molecule has 3 rings (SSSR count). The zero-order valence-corrected chi connectivity index (χ0v) is 18.2. The Kier molecular flexibility index (Phi) is 6.82. The van der Waals surface area contributed by atoms with E-state index in [9.17, 15) is 9.59 Å². The second-order valence-corrected chi connectivity index (χ2v) is 9.04. The smallest absolute Gasteiger partial charge is 0.148 e. The van der Waals surface area contributed by atoms with E-state index in [4.69, 9.17) is 4.42 Å². The Hall–Kier alpha value is -1.81. The first-order chi connectivity index (χ1) is 13.4. The molecule has 150 valence electrons. The number of furan rings is 1. The number of rotatable bonds is 7. The fourth-order valence-electron chi connectivity index (χ4n) is 4.32. The molecule has 1 heterocycles. The monoisotopic (exact) mass is 398 g/mol. The van der Waals surface area contributed by atoms with Gasteiger partial charge in [0.2, 0.25) is 0 Å². The Labute approximate surface area is 172 Å². The van der Waals surface area contributed by atoms with E-state index in [-0.39, 0.29) is 17.5 Å². The van der Waals surface area contributed by atoms with Gasteiger partial charge in [-0.15, -0.1) is 11.8 Å². The van der Waals surface area contributed by atoms with E-state index in [0.29, 0.717) is 12.8 Å². The summed E-state index contributed by atoms with van der Waals surface area (Å²) in [6.45, 7) is 8.32. The zero-order valence-electron chi connectivity index (χ0n) is 17.3. The van der Waals surface area contributed by atoms with Gasteiger partial charge < -0.3 is 4.42 Å². The highest BCUT2D eigenvalue weighted by atomic mass is 32.2. The summed E-state index contributed by atoms with van der Waals surface area (Å²) in [5, 5.41) is 0. The lowest BCUT2D eigenvalue weighted by Gasteiger charge is -2.29. The lowest BCUT2D eigenvalue weighted by Crippen LogP contribution is -2.33. The van der Waals surface area contributed by atoms with Crippen molar-refractivity contribution >= 4 is 23.3 Å². The fourth-order valence-corrected chi connectivity index (χ4v) is 5.39. The van der Waals surface area contributed by atoms with Gasteiger partial charge in [0.05, 0.1) is 6.26 Å². The van der Waals surface area contributed by atoms with Gasteiger partial charge in [0.25, 0.3) is 0 Å². The predicted molar refractivity (Wildman–Crippen MR) is 114 cm³/mol. The fraction of sp³-hybridized carbons (Fsp3) is 0.500. The molecular formula is C24H30O3S. The van der Waals surface area contributed by atoms with Gasteiger partial charge in [-0.05, 0) is 61.5 Å². The molecule has 1 aromatic carbocycles. The van der Waals surface area contributed by atoms with Crippen LogP contribution in [0.4, 0.5) is 0 Å². The van der Waals surface area contributed by atoms with E-state index in [1.54, 1.807) is 24.3 Å². The van der Waals surface area contributed by atoms with E-state index in [1.165, 1.54) is 5.56 Å². The third-order valence-corrected chi connectivity index (χ3v) is 6.93. The summed E-state index contributed by atoms with van der Waals surface area (Å²) in [5.74, 6) is 0.737. The number of hydrogen-bond donors (Lipinski definition) is 0. The highest BCUT2D eigenvalue weighted by molar-refractivity contribution is 7.99. The number of aryl methyl sites for hydroxylation is 4. The molecule has 0 unspecified atom stereocenters. The van der Waals surface area contributed by atoms with Gasteiger partial charge in [0.15, 0.2) is 0 Å². The minimum absolute atomic E-state index is 0.110. The highest BCUT2D eigenvalue weighted by Gasteiger charge is 2.38. The standard InChI is InChI=1S/C24H30O3S/c1-5-18-9-15(3)10-19(6-2)23(18)24-20(25)11-17(12-21(24)26)7-8-28-22-14-27-13-16(22)4/h9-10,13-14,17,24H,5-8,11-12H2,1-4H3. The van der Waals surface area contributed by atoms with Gasteiger partial charge in [-0.1, -0.05) is 31.5 Å². The Balaban J connectivity index is 1.71. The first-order valence-corrected chi connectivity index (χ1v) is 11.3. The third-order valence-electron chi connectivity index (χ3n) is 5.76. The SMILES string of the molecule is CCc1cc(C)cc(CC)c1C1C(=O)CC(CCSc2cocc2C)CC1=O. The van der Waals surface area contributed by atoms with Crippen molar-refractivity contribution in [1.29, 1.82) is 0 Å². The molecule has 0 saturated heterocycles. The molecule has 0 N–H and O–H groups in total. The number of thioether (sulfide) groups is 1. The predicted octanol–water partition coefficient (Wildman–Crippen LogP) is 5.84. The highest BCUT2D eigenvalue weighted by Crippen LogP contribution is 2.37. The maximum atomic E-state index is 13.0. The number of carbonyl (C=O) groups is 2. The Bertz CT molecular complexity index is 821. The molecule has 0 bridgehead atoms. The average molecular weight is 399 g/mol. The Morgan fingerprint density at radius 3 is 2.11 bits per heavy atom. The van der Waals surface area contributed by atoms with E-state index in [2.05, 4.69) is 32.9 Å². The van der Waals surface area contributed by atoms with Crippen LogP contribution in [0.5, 0.6) is 0 Å². The van der Waals surface area contributed by atoms with Crippen molar-refractivity contribution in [2.75, 3.05) is 5.75 Å². The van der Waals surface area contributed by atoms with Crippen LogP contribution in [0.3, 0.4) is 0 Å². The van der Waals surface area contributed by atoms with Gasteiger partial charge in [0.1, 0.15) is 23.7 Å². The van der Waals surface area contributed by atoms with Crippen molar-refractivity contribution in [2.45, 2.75) is 70.6 Å². The first kappa shape index (κ1) is 20.9. The molecule has 1 fully saturated rings. The van der Waals surface area contributed by atoms with Crippen LogP contribution in [-0.4, -0.2) is 17.3 Å². The largest absolute Gasteiger partial charge is 0.471 e. The molecule has 1 aromatic heterocycles. The van der Waals surface area contributed by atoms with Gasteiger partial charge in [-0.3, -0.25) is 9.59 Å². The topological polar surface area (TPSA) is 47.3 Å². The number of Topliss-reactive ketones (excluding diaryl/α,β-unsaturated/α-hetero) is 2. The van der Waals surface area contributed by atoms with Crippen LogP contribution in [0.25, 0.3) is 0 Å². The number of ketones is 2. The van der Waals surface area contributed by atoms with Crippen LogP contribution in [0.1, 0.15) is 66.8 Å². The summed E-state index contributed by atoms with van der Waals surface area (Å²) in [4.78, 5) is 27.2. The van der Waals surface area contributed by atoms with Crippen LogP contribution >= 0.6 is 11.8 Å². The molecule has 0 radical (unpaired) electrons. The number of hydrogen-bond acceptors (Lipinski definition) is 4. The van der Waals surface area contributed by atoms with Crippen LogP contribution in [0.2, 0.25) is 0 Å². The summed E-state index contributed by atoms with van der Waals surface area (Å²) < 4.78 is 5.21. The maximum absolute atomic E-state index is 13.0. The molecule has 0 aliphatic heterocycles. The van der Waals surface area contributed by atoms with E-state index < -0.39 is 5.92 Å². The minimum Gasteiger partial charge on any atom is -0.471 e. The van der Waals surface area contributed by atoms with E-state index in [1.807, 2.05) is 6.92 Å². The van der Waals surface area contributed by atoms with E-state index >= 15 is 0 Å². The van der Waals surface area contributed by atoms with Gasteiger partial charge >= 0.3 is 0 Å². The molecule has 0 spiro atoms. The van der Waals surface area contributed by atoms with Crippen LogP contribution in [-0.2, 0) is 22.4 Å². The molecule has 4 heteroatoms. The average Bonchev–Trinajstić information content (AvgIpc) is 3.06.